The van der Waals surface area contributed by atoms with Gasteiger partial charge < -0.3 is 20.9 Å². The quantitative estimate of drug-likeness (QED) is 0.627. The summed E-state index contributed by atoms with van der Waals surface area (Å²) in [5, 5.41) is 11.3. The van der Waals surface area contributed by atoms with Gasteiger partial charge in [0, 0.05) is 13.0 Å². The van der Waals surface area contributed by atoms with Gasteiger partial charge in [0.05, 0.1) is 0 Å². The fraction of sp³-hybridized carbons (Fsp3) is 0.733. The molecule has 0 heterocycles. The number of unbranched alkanes of at least 4 members (excludes halogenated alkanes) is 1. The second kappa shape index (κ2) is 10.2. The van der Waals surface area contributed by atoms with E-state index < -0.39 is 18.1 Å². The number of allylic oxidation sites excluding steroid dienone is 2. The van der Waals surface area contributed by atoms with E-state index in [2.05, 4.69) is 5.32 Å². The molecule has 1 rings (SSSR count). The molecule has 0 saturated heterocycles. The summed E-state index contributed by atoms with van der Waals surface area (Å²) in [5.74, 6) is -0.223. The maximum absolute atomic E-state index is 11.6. The number of ether oxygens (including phenoxy) is 1. The molecule has 0 aromatic heterocycles. The topological polar surface area (TPSA) is 102 Å². The SMILES string of the molecule is N[C@@H](CCCCNC(=O)OC1=CCCCCCC1)C(=O)O. The van der Waals surface area contributed by atoms with Crippen molar-refractivity contribution in [1.82, 2.24) is 5.32 Å². The van der Waals surface area contributed by atoms with E-state index in [9.17, 15) is 9.59 Å². The second-order valence-electron chi connectivity index (χ2n) is 5.38. The van der Waals surface area contributed by atoms with Crippen molar-refractivity contribution in [3.63, 3.8) is 0 Å². The molecule has 120 valence electrons. The predicted octanol–water partition coefficient (Wildman–Crippen LogP) is 2.53. The van der Waals surface area contributed by atoms with Gasteiger partial charge in [0.15, 0.2) is 0 Å². The summed E-state index contributed by atoms with van der Waals surface area (Å²) in [6.45, 7) is 0.471. The average Bonchev–Trinajstić information content (AvgIpc) is 2.41. The highest BCUT2D eigenvalue weighted by atomic mass is 16.6. The summed E-state index contributed by atoms with van der Waals surface area (Å²) in [6, 6.07) is -0.822. The summed E-state index contributed by atoms with van der Waals surface area (Å²) < 4.78 is 5.29. The fourth-order valence-electron chi connectivity index (χ4n) is 2.21. The van der Waals surface area contributed by atoms with Crippen LogP contribution < -0.4 is 11.1 Å². The number of nitrogens with one attached hydrogen (secondary N) is 1. The van der Waals surface area contributed by atoms with E-state index in [-0.39, 0.29) is 0 Å². The Morgan fingerprint density at radius 2 is 2.05 bits per heavy atom. The van der Waals surface area contributed by atoms with Crippen LogP contribution in [0.2, 0.25) is 0 Å². The van der Waals surface area contributed by atoms with Crippen molar-refractivity contribution in [2.75, 3.05) is 6.54 Å². The van der Waals surface area contributed by atoms with E-state index in [1.54, 1.807) is 0 Å². The number of hydrogen-bond donors (Lipinski definition) is 3. The van der Waals surface area contributed by atoms with Gasteiger partial charge in [0.1, 0.15) is 11.8 Å². The van der Waals surface area contributed by atoms with Gasteiger partial charge in [0.2, 0.25) is 0 Å². The van der Waals surface area contributed by atoms with Gasteiger partial charge in [-0.1, -0.05) is 12.8 Å². The van der Waals surface area contributed by atoms with E-state index in [0.29, 0.717) is 25.8 Å². The molecule has 6 heteroatoms. The van der Waals surface area contributed by atoms with E-state index in [1.807, 2.05) is 6.08 Å². The number of alkyl carbamates (subject to hydrolysis) is 1. The maximum atomic E-state index is 11.6. The highest BCUT2D eigenvalue weighted by Gasteiger charge is 2.11. The van der Waals surface area contributed by atoms with E-state index in [0.717, 1.165) is 31.4 Å². The minimum absolute atomic E-state index is 0.414. The first-order valence-electron chi connectivity index (χ1n) is 7.72. The Hall–Kier alpha value is -1.56. The van der Waals surface area contributed by atoms with Crippen molar-refractivity contribution in [1.29, 1.82) is 0 Å². The van der Waals surface area contributed by atoms with E-state index in [1.165, 1.54) is 12.8 Å². The molecule has 1 atom stereocenters. The molecule has 1 aliphatic rings. The van der Waals surface area contributed by atoms with Crippen molar-refractivity contribution < 1.29 is 19.4 Å². The van der Waals surface area contributed by atoms with Crippen molar-refractivity contribution in [3.05, 3.63) is 11.8 Å². The Morgan fingerprint density at radius 1 is 1.29 bits per heavy atom. The van der Waals surface area contributed by atoms with Crippen LogP contribution >= 0.6 is 0 Å². The van der Waals surface area contributed by atoms with Crippen LogP contribution in [-0.2, 0) is 9.53 Å². The lowest BCUT2D eigenvalue weighted by Crippen LogP contribution is -2.30. The van der Waals surface area contributed by atoms with Crippen LogP contribution in [0.15, 0.2) is 11.8 Å². The van der Waals surface area contributed by atoms with Gasteiger partial charge in [-0.2, -0.15) is 0 Å². The lowest BCUT2D eigenvalue weighted by atomic mass is 10.1. The zero-order valence-electron chi connectivity index (χ0n) is 12.5. The Bertz CT molecular complexity index is 369. The molecular weight excluding hydrogens is 272 g/mol. The Kier molecular flexibility index (Phi) is 8.50. The third kappa shape index (κ3) is 8.34. The van der Waals surface area contributed by atoms with Crippen LogP contribution in [0.3, 0.4) is 0 Å². The second-order valence-corrected chi connectivity index (χ2v) is 5.38. The van der Waals surface area contributed by atoms with Gasteiger partial charge in [0.25, 0.3) is 0 Å². The monoisotopic (exact) mass is 298 g/mol. The molecule has 21 heavy (non-hydrogen) atoms. The minimum Gasteiger partial charge on any atom is -0.480 e. The van der Waals surface area contributed by atoms with Crippen LogP contribution in [0.1, 0.15) is 57.8 Å². The Morgan fingerprint density at radius 3 is 2.81 bits per heavy atom. The third-order valence-electron chi connectivity index (χ3n) is 3.50. The first-order valence-corrected chi connectivity index (χ1v) is 7.72. The largest absolute Gasteiger partial charge is 0.480 e. The first kappa shape index (κ1) is 17.5. The molecule has 0 bridgehead atoms. The Labute approximate surface area is 125 Å². The van der Waals surface area contributed by atoms with Crippen molar-refractivity contribution in [3.8, 4) is 0 Å². The van der Waals surface area contributed by atoms with E-state index >= 15 is 0 Å². The van der Waals surface area contributed by atoms with E-state index in [4.69, 9.17) is 15.6 Å². The molecule has 0 aliphatic heterocycles. The van der Waals surface area contributed by atoms with Gasteiger partial charge in [-0.3, -0.25) is 4.79 Å². The molecule has 0 aromatic rings. The summed E-state index contributed by atoms with van der Waals surface area (Å²) in [4.78, 5) is 22.1. The highest BCUT2D eigenvalue weighted by Crippen LogP contribution is 2.17. The van der Waals surface area contributed by atoms with Crippen LogP contribution in [0.5, 0.6) is 0 Å². The smallest absolute Gasteiger partial charge is 0.412 e. The molecule has 0 spiro atoms. The van der Waals surface area contributed by atoms with Crippen molar-refractivity contribution in [2.45, 2.75) is 63.8 Å². The molecule has 0 aromatic carbocycles. The summed E-state index contributed by atoms with van der Waals surface area (Å²) in [5.41, 5.74) is 5.39. The van der Waals surface area contributed by atoms with Crippen molar-refractivity contribution in [2.24, 2.45) is 5.73 Å². The number of carboxylic acid groups (broad SMARTS) is 1. The number of amides is 1. The van der Waals surface area contributed by atoms with Crippen LogP contribution in [0.25, 0.3) is 0 Å². The summed E-state index contributed by atoms with van der Waals surface area (Å²) in [7, 11) is 0. The van der Waals surface area contributed by atoms with Gasteiger partial charge in [-0.25, -0.2) is 4.79 Å². The number of rotatable bonds is 7. The number of nitrogens with two attached hydrogens (primary N) is 1. The van der Waals surface area contributed by atoms with Crippen LogP contribution in [0.4, 0.5) is 4.79 Å². The Balaban J connectivity index is 2.11. The molecule has 1 amide bonds. The number of aliphatic carboxylic acids is 1. The molecule has 4 N–H and O–H groups in total. The molecule has 6 nitrogen and oxygen atoms in total. The standard InChI is InChI=1S/C15H26N2O4/c16-13(14(18)19)10-6-7-11-17-15(20)21-12-8-4-2-1-3-5-9-12/h8,13H,1-7,9-11,16H2,(H,17,20)(H,18,19)/t13-/m0/s1. The molecule has 1 aliphatic carbocycles. The number of carbonyl (C=O) groups excluding carboxylic acids is 1. The van der Waals surface area contributed by atoms with Crippen LogP contribution in [0, 0.1) is 0 Å². The third-order valence-corrected chi connectivity index (χ3v) is 3.50. The number of carboxylic acids is 1. The molecule has 0 radical (unpaired) electrons. The summed E-state index contributed by atoms with van der Waals surface area (Å²) >= 11 is 0. The van der Waals surface area contributed by atoms with Crippen LogP contribution in [-0.4, -0.2) is 29.8 Å². The molecule has 0 fully saturated rings. The van der Waals surface area contributed by atoms with Gasteiger partial charge in [-0.05, 0) is 44.6 Å². The zero-order chi connectivity index (χ0) is 15.5. The fourth-order valence-corrected chi connectivity index (χ4v) is 2.21. The normalized spacial score (nSPS) is 17.1. The number of hydrogen-bond acceptors (Lipinski definition) is 4. The zero-order valence-corrected chi connectivity index (χ0v) is 12.5. The van der Waals surface area contributed by atoms with Crippen molar-refractivity contribution >= 4 is 12.1 Å². The first-order chi connectivity index (χ1) is 10.1. The maximum Gasteiger partial charge on any atom is 0.412 e. The lowest BCUT2D eigenvalue weighted by Gasteiger charge is -2.12. The van der Waals surface area contributed by atoms with Gasteiger partial charge >= 0.3 is 12.1 Å². The average molecular weight is 298 g/mol. The molecule has 0 saturated carbocycles. The summed E-state index contributed by atoms with van der Waals surface area (Å²) in [6.07, 6.45) is 9.78. The molecule has 0 unspecified atom stereocenters. The lowest BCUT2D eigenvalue weighted by molar-refractivity contribution is -0.138. The minimum atomic E-state index is -0.987. The van der Waals surface area contributed by atoms with Gasteiger partial charge in [-0.15, -0.1) is 0 Å². The molecular formula is C15H26N2O4. The number of carbonyl (C=O) groups is 2. The predicted molar refractivity (Wildman–Crippen MR) is 79.7 cm³/mol. The highest BCUT2D eigenvalue weighted by molar-refractivity contribution is 5.72.